The molecule has 0 spiro atoms. The molecule has 1 amide bonds. The zero-order chi connectivity index (χ0) is 20.1. The van der Waals surface area contributed by atoms with E-state index in [0.717, 1.165) is 11.1 Å². The summed E-state index contributed by atoms with van der Waals surface area (Å²) in [7, 11) is 0. The number of anilines is 1. The van der Waals surface area contributed by atoms with Gasteiger partial charge >= 0.3 is 0 Å². The molecule has 0 radical (unpaired) electrons. The maximum atomic E-state index is 12.2. The van der Waals surface area contributed by atoms with Gasteiger partial charge in [-0.3, -0.25) is 4.79 Å². The van der Waals surface area contributed by atoms with Crippen molar-refractivity contribution < 1.29 is 14.6 Å². The first-order valence-electron chi connectivity index (χ1n) is 9.07. The number of carbonyl (C=O) groups excluding carboxylic acids is 1. The summed E-state index contributed by atoms with van der Waals surface area (Å²) in [5.74, 6) is 1.41. The number of phenolic OH excluding ortho intramolecular Hbond substituents is 1. The Morgan fingerprint density at radius 1 is 1.14 bits per heavy atom. The molecule has 28 heavy (non-hydrogen) atoms. The second-order valence-electron chi connectivity index (χ2n) is 6.86. The molecular formula is C22H23N3O3. The van der Waals surface area contributed by atoms with Gasteiger partial charge in [0.1, 0.15) is 11.5 Å². The highest BCUT2D eigenvalue weighted by Crippen LogP contribution is 2.24. The summed E-state index contributed by atoms with van der Waals surface area (Å²) >= 11 is 0. The van der Waals surface area contributed by atoms with Crippen molar-refractivity contribution in [2.75, 3.05) is 11.9 Å². The van der Waals surface area contributed by atoms with Crippen LogP contribution in [0.2, 0.25) is 0 Å². The lowest BCUT2D eigenvalue weighted by Crippen LogP contribution is -2.20. The summed E-state index contributed by atoms with van der Waals surface area (Å²) in [6.07, 6.45) is 3.05. The van der Waals surface area contributed by atoms with Crippen LogP contribution in [0.15, 0.2) is 54.9 Å². The number of amides is 1. The molecular weight excluding hydrogens is 354 g/mol. The number of nitrogens with one attached hydrogen (secondary N) is 1. The number of rotatable bonds is 6. The Balaban J connectivity index is 1.60. The number of hydrogen-bond acceptors (Lipinski definition) is 5. The third-order valence-electron chi connectivity index (χ3n) is 4.28. The number of aromatic nitrogens is 2. The van der Waals surface area contributed by atoms with Gasteiger partial charge in [0.25, 0.3) is 5.91 Å². The standard InChI is InChI=1S/C22H23N3O3/c1-14(2)16-8-7-15(3)20(10-16)28-13-21(27)25-18-11-23-22(24-12-18)17-5-4-6-19(26)9-17/h4-12,14,26H,13H2,1-3H3,(H,25,27). The first-order valence-corrected chi connectivity index (χ1v) is 9.07. The van der Waals surface area contributed by atoms with Gasteiger partial charge < -0.3 is 15.2 Å². The minimum absolute atomic E-state index is 0.100. The Bertz CT molecular complexity index is 969. The smallest absolute Gasteiger partial charge is 0.262 e. The van der Waals surface area contributed by atoms with Gasteiger partial charge in [-0.2, -0.15) is 0 Å². The van der Waals surface area contributed by atoms with Crippen LogP contribution in [0, 0.1) is 6.92 Å². The third kappa shape index (κ3) is 4.85. The predicted molar refractivity (Wildman–Crippen MR) is 109 cm³/mol. The fraction of sp³-hybridized carbons (Fsp3) is 0.227. The van der Waals surface area contributed by atoms with Crippen LogP contribution in [0.5, 0.6) is 11.5 Å². The van der Waals surface area contributed by atoms with Gasteiger partial charge in [0.15, 0.2) is 12.4 Å². The SMILES string of the molecule is Cc1ccc(C(C)C)cc1OCC(=O)Nc1cnc(-c2cccc(O)c2)nc1. The second kappa shape index (κ2) is 8.52. The fourth-order valence-corrected chi connectivity index (χ4v) is 2.66. The second-order valence-corrected chi connectivity index (χ2v) is 6.86. The van der Waals surface area contributed by atoms with Gasteiger partial charge in [-0.25, -0.2) is 9.97 Å². The average Bonchev–Trinajstić information content (AvgIpc) is 2.67. The lowest BCUT2D eigenvalue weighted by molar-refractivity contribution is -0.118. The van der Waals surface area contributed by atoms with Crippen molar-refractivity contribution >= 4 is 11.6 Å². The number of carbonyl (C=O) groups is 1. The average molecular weight is 377 g/mol. The minimum atomic E-state index is -0.289. The molecule has 0 bridgehead atoms. The minimum Gasteiger partial charge on any atom is -0.508 e. The Hall–Kier alpha value is -3.41. The van der Waals surface area contributed by atoms with Crippen molar-refractivity contribution in [3.05, 3.63) is 66.0 Å². The van der Waals surface area contributed by atoms with E-state index in [1.807, 2.05) is 19.1 Å². The van der Waals surface area contributed by atoms with E-state index in [9.17, 15) is 9.90 Å². The van der Waals surface area contributed by atoms with Crippen LogP contribution in [0.4, 0.5) is 5.69 Å². The highest BCUT2D eigenvalue weighted by molar-refractivity contribution is 5.91. The third-order valence-corrected chi connectivity index (χ3v) is 4.28. The van der Waals surface area contributed by atoms with E-state index in [1.165, 1.54) is 12.4 Å². The van der Waals surface area contributed by atoms with E-state index in [0.29, 0.717) is 28.7 Å². The molecule has 0 aliphatic carbocycles. The number of aryl methyl sites for hydroxylation is 1. The van der Waals surface area contributed by atoms with Crippen LogP contribution in [-0.2, 0) is 4.79 Å². The largest absolute Gasteiger partial charge is 0.508 e. The molecule has 0 unspecified atom stereocenters. The lowest BCUT2D eigenvalue weighted by Gasteiger charge is -2.13. The Morgan fingerprint density at radius 2 is 1.89 bits per heavy atom. The van der Waals surface area contributed by atoms with Crippen LogP contribution >= 0.6 is 0 Å². The number of hydrogen-bond donors (Lipinski definition) is 2. The van der Waals surface area contributed by atoms with Gasteiger partial charge in [-0.15, -0.1) is 0 Å². The van der Waals surface area contributed by atoms with Crippen molar-refractivity contribution in [3.63, 3.8) is 0 Å². The maximum Gasteiger partial charge on any atom is 0.262 e. The number of phenols is 1. The van der Waals surface area contributed by atoms with E-state index in [2.05, 4.69) is 35.2 Å². The molecule has 3 aromatic rings. The van der Waals surface area contributed by atoms with Crippen molar-refractivity contribution in [2.45, 2.75) is 26.7 Å². The molecule has 144 valence electrons. The van der Waals surface area contributed by atoms with Gasteiger partial charge in [0.05, 0.1) is 18.1 Å². The van der Waals surface area contributed by atoms with Gasteiger partial charge in [0.2, 0.25) is 0 Å². The molecule has 0 fully saturated rings. The Kier molecular flexibility index (Phi) is 5.89. The van der Waals surface area contributed by atoms with Crippen LogP contribution in [0.1, 0.15) is 30.9 Å². The fourth-order valence-electron chi connectivity index (χ4n) is 2.66. The van der Waals surface area contributed by atoms with Crippen LogP contribution in [0.25, 0.3) is 11.4 Å². The van der Waals surface area contributed by atoms with Crippen LogP contribution in [-0.4, -0.2) is 27.6 Å². The summed E-state index contributed by atoms with van der Waals surface area (Å²) in [6.45, 7) is 6.07. The maximum absolute atomic E-state index is 12.2. The van der Waals surface area contributed by atoms with Crippen LogP contribution < -0.4 is 10.1 Å². The van der Waals surface area contributed by atoms with Crippen molar-refractivity contribution in [2.24, 2.45) is 0 Å². The number of aromatic hydroxyl groups is 1. The zero-order valence-electron chi connectivity index (χ0n) is 16.1. The monoisotopic (exact) mass is 377 g/mol. The number of benzene rings is 2. The molecule has 0 saturated heterocycles. The molecule has 0 aliphatic rings. The molecule has 3 rings (SSSR count). The van der Waals surface area contributed by atoms with E-state index in [-0.39, 0.29) is 18.3 Å². The Morgan fingerprint density at radius 3 is 2.57 bits per heavy atom. The Labute approximate surface area is 164 Å². The quantitative estimate of drug-likeness (QED) is 0.669. The molecule has 2 aromatic carbocycles. The zero-order valence-corrected chi connectivity index (χ0v) is 16.1. The van der Waals surface area contributed by atoms with E-state index in [1.54, 1.807) is 24.3 Å². The lowest BCUT2D eigenvalue weighted by atomic mass is 10.0. The van der Waals surface area contributed by atoms with Gasteiger partial charge in [-0.1, -0.05) is 38.1 Å². The van der Waals surface area contributed by atoms with E-state index in [4.69, 9.17) is 4.74 Å². The predicted octanol–water partition coefficient (Wildman–Crippen LogP) is 4.30. The van der Waals surface area contributed by atoms with Crippen molar-refractivity contribution in [3.8, 4) is 22.9 Å². The van der Waals surface area contributed by atoms with E-state index >= 15 is 0 Å². The molecule has 2 N–H and O–H groups in total. The first-order chi connectivity index (χ1) is 13.4. The number of nitrogens with zero attached hydrogens (tertiary/aromatic N) is 2. The molecule has 6 nitrogen and oxygen atoms in total. The topological polar surface area (TPSA) is 84.3 Å². The summed E-state index contributed by atoms with van der Waals surface area (Å²) in [6, 6.07) is 12.7. The molecule has 0 aliphatic heterocycles. The van der Waals surface area contributed by atoms with Crippen LogP contribution in [0.3, 0.4) is 0 Å². The molecule has 1 aromatic heterocycles. The summed E-state index contributed by atoms with van der Waals surface area (Å²) in [4.78, 5) is 20.6. The molecule has 0 saturated carbocycles. The summed E-state index contributed by atoms with van der Waals surface area (Å²) in [5, 5.41) is 12.3. The van der Waals surface area contributed by atoms with Gasteiger partial charge in [0, 0.05) is 5.56 Å². The highest BCUT2D eigenvalue weighted by atomic mass is 16.5. The van der Waals surface area contributed by atoms with Crippen molar-refractivity contribution in [1.29, 1.82) is 0 Å². The van der Waals surface area contributed by atoms with Gasteiger partial charge in [-0.05, 0) is 42.2 Å². The number of ether oxygens (including phenoxy) is 1. The summed E-state index contributed by atoms with van der Waals surface area (Å²) < 4.78 is 5.69. The summed E-state index contributed by atoms with van der Waals surface area (Å²) in [5.41, 5.74) is 3.32. The van der Waals surface area contributed by atoms with E-state index < -0.39 is 0 Å². The highest BCUT2D eigenvalue weighted by Gasteiger charge is 2.09. The molecule has 6 heteroatoms. The van der Waals surface area contributed by atoms with Crippen molar-refractivity contribution in [1.82, 2.24) is 9.97 Å². The molecule has 0 atom stereocenters. The first kappa shape index (κ1) is 19.4. The normalized spacial score (nSPS) is 10.7. The molecule has 1 heterocycles.